The standard InChI is InChI=1S/C14H23BrN2OS/c1-17(8-11-7-13(15)19-9-11)14(10-16)6-4-3-5-12(14)18-2/h7,9,12H,3-6,8,10,16H2,1-2H3. The van der Waals surface area contributed by atoms with Gasteiger partial charge in [0.1, 0.15) is 0 Å². The molecule has 5 heteroatoms. The van der Waals surface area contributed by atoms with Gasteiger partial charge in [0.2, 0.25) is 0 Å². The van der Waals surface area contributed by atoms with Crippen molar-refractivity contribution in [3.05, 3.63) is 20.8 Å². The van der Waals surface area contributed by atoms with Gasteiger partial charge in [0.25, 0.3) is 0 Å². The molecule has 3 nitrogen and oxygen atoms in total. The Kier molecular flexibility index (Phi) is 5.43. The summed E-state index contributed by atoms with van der Waals surface area (Å²) in [7, 11) is 3.99. The minimum absolute atomic E-state index is 0.0125. The molecule has 2 rings (SSSR count). The summed E-state index contributed by atoms with van der Waals surface area (Å²) in [5, 5.41) is 2.20. The summed E-state index contributed by atoms with van der Waals surface area (Å²) in [5.74, 6) is 0. The fraction of sp³-hybridized carbons (Fsp3) is 0.714. The highest BCUT2D eigenvalue weighted by Crippen LogP contribution is 2.35. The summed E-state index contributed by atoms with van der Waals surface area (Å²) < 4.78 is 6.92. The van der Waals surface area contributed by atoms with Gasteiger partial charge in [0, 0.05) is 20.2 Å². The molecule has 0 saturated heterocycles. The van der Waals surface area contributed by atoms with Gasteiger partial charge in [-0.25, -0.2) is 0 Å². The molecule has 1 aliphatic carbocycles. The molecule has 0 aromatic carbocycles. The fourth-order valence-electron chi connectivity index (χ4n) is 3.21. The van der Waals surface area contributed by atoms with E-state index < -0.39 is 0 Å². The van der Waals surface area contributed by atoms with Gasteiger partial charge in [-0.3, -0.25) is 4.90 Å². The second kappa shape index (κ2) is 6.68. The zero-order valence-electron chi connectivity index (χ0n) is 11.7. The van der Waals surface area contributed by atoms with Crippen molar-refractivity contribution in [2.75, 3.05) is 20.7 Å². The highest BCUT2D eigenvalue weighted by atomic mass is 79.9. The van der Waals surface area contributed by atoms with E-state index in [2.05, 4.69) is 39.3 Å². The van der Waals surface area contributed by atoms with E-state index in [9.17, 15) is 0 Å². The minimum atomic E-state index is -0.0125. The monoisotopic (exact) mass is 346 g/mol. The summed E-state index contributed by atoms with van der Waals surface area (Å²) in [6.07, 6.45) is 4.99. The molecule has 0 amide bonds. The van der Waals surface area contributed by atoms with Gasteiger partial charge in [-0.05, 0) is 52.8 Å². The van der Waals surface area contributed by atoms with Gasteiger partial charge in [-0.1, -0.05) is 12.8 Å². The number of hydrogen-bond acceptors (Lipinski definition) is 4. The second-order valence-corrected chi connectivity index (χ2v) is 7.68. The van der Waals surface area contributed by atoms with Gasteiger partial charge in [-0.15, -0.1) is 11.3 Å². The van der Waals surface area contributed by atoms with Crippen LogP contribution in [0.4, 0.5) is 0 Å². The van der Waals surface area contributed by atoms with Gasteiger partial charge < -0.3 is 10.5 Å². The average molecular weight is 347 g/mol. The molecule has 1 saturated carbocycles. The molecule has 0 radical (unpaired) electrons. The van der Waals surface area contributed by atoms with Gasteiger partial charge in [0.05, 0.1) is 15.4 Å². The van der Waals surface area contributed by atoms with Crippen LogP contribution in [0.1, 0.15) is 31.2 Å². The highest BCUT2D eigenvalue weighted by molar-refractivity contribution is 9.11. The Morgan fingerprint density at radius 2 is 2.37 bits per heavy atom. The maximum Gasteiger partial charge on any atom is 0.0767 e. The average Bonchev–Trinajstić information content (AvgIpc) is 2.83. The Bertz CT molecular complexity index is 412. The Balaban J connectivity index is 2.14. The lowest BCUT2D eigenvalue weighted by atomic mass is 9.77. The number of rotatable bonds is 5. The van der Waals surface area contributed by atoms with Gasteiger partial charge in [-0.2, -0.15) is 0 Å². The first-order valence-corrected chi connectivity index (χ1v) is 8.46. The number of methoxy groups -OCH3 is 1. The van der Waals surface area contributed by atoms with E-state index in [4.69, 9.17) is 10.5 Å². The van der Waals surface area contributed by atoms with Crippen LogP contribution in [0.5, 0.6) is 0 Å². The van der Waals surface area contributed by atoms with E-state index in [-0.39, 0.29) is 11.6 Å². The van der Waals surface area contributed by atoms with Crippen molar-refractivity contribution >= 4 is 27.3 Å². The molecule has 1 aromatic heterocycles. The molecule has 0 bridgehead atoms. The van der Waals surface area contributed by atoms with E-state index >= 15 is 0 Å². The smallest absolute Gasteiger partial charge is 0.0767 e. The van der Waals surface area contributed by atoms with Crippen LogP contribution in [0.25, 0.3) is 0 Å². The third-order valence-electron chi connectivity index (χ3n) is 4.37. The fourth-order valence-corrected chi connectivity index (χ4v) is 4.41. The Hall–Kier alpha value is 0.0600. The lowest BCUT2D eigenvalue weighted by Crippen LogP contribution is -2.61. The number of likely N-dealkylation sites (N-methyl/N-ethyl adjacent to an activating group) is 1. The molecule has 1 fully saturated rings. The molecule has 2 unspecified atom stereocenters. The predicted molar refractivity (Wildman–Crippen MR) is 84.5 cm³/mol. The maximum atomic E-state index is 6.14. The van der Waals surface area contributed by atoms with Gasteiger partial charge >= 0.3 is 0 Å². The zero-order chi connectivity index (χ0) is 13.9. The van der Waals surface area contributed by atoms with Crippen LogP contribution in [0.15, 0.2) is 15.2 Å². The van der Waals surface area contributed by atoms with Crippen molar-refractivity contribution in [1.29, 1.82) is 0 Å². The van der Waals surface area contributed by atoms with Crippen molar-refractivity contribution in [2.45, 2.75) is 43.9 Å². The molecule has 1 aliphatic rings. The number of hydrogen-bond donors (Lipinski definition) is 1. The maximum absolute atomic E-state index is 6.14. The van der Waals surface area contributed by atoms with Crippen LogP contribution in [-0.4, -0.2) is 37.2 Å². The number of ether oxygens (including phenoxy) is 1. The first-order valence-electron chi connectivity index (χ1n) is 6.79. The summed E-state index contributed by atoms with van der Waals surface area (Å²) in [6.45, 7) is 1.59. The molecule has 19 heavy (non-hydrogen) atoms. The van der Waals surface area contributed by atoms with Crippen molar-refractivity contribution < 1.29 is 4.74 Å². The lowest BCUT2D eigenvalue weighted by molar-refractivity contribution is -0.0687. The van der Waals surface area contributed by atoms with Gasteiger partial charge in [0.15, 0.2) is 0 Å². The van der Waals surface area contributed by atoms with E-state index in [0.29, 0.717) is 6.54 Å². The third-order valence-corrected chi connectivity index (χ3v) is 5.92. The van der Waals surface area contributed by atoms with Crippen LogP contribution >= 0.6 is 27.3 Å². The lowest BCUT2D eigenvalue weighted by Gasteiger charge is -2.48. The van der Waals surface area contributed by atoms with E-state index in [1.807, 2.05) is 7.11 Å². The highest BCUT2D eigenvalue weighted by Gasteiger charge is 2.43. The van der Waals surface area contributed by atoms with Crippen LogP contribution in [-0.2, 0) is 11.3 Å². The molecule has 2 N–H and O–H groups in total. The van der Waals surface area contributed by atoms with Crippen molar-refractivity contribution in [2.24, 2.45) is 5.73 Å². The molecule has 0 spiro atoms. The first kappa shape index (κ1) is 15.4. The van der Waals surface area contributed by atoms with E-state index in [1.54, 1.807) is 11.3 Å². The first-order chi connectivity index (χ1) is 9.12. The Morgan fingerprint density at radius 3 is 2.95 bits per heavy atom. The summed E-state index contributed by atoms with van der Waals surface area (Å²) >= 11 is 5.26. The predicted octanol–water partition coefficient (Wildman–Crippen LogP) is 3.23. The van der Waals surface area contributed by atoms with E-state index in [0.717, 1.165) is 19.4 Å². The number of nitrogens with zero attached hydrogens (tertiary/aromatic N) is 1. The SMILES string of the molecule is COC1CCCCC1(CN)N(C)Cc1csc(Br)c1. The molecule has 1 aromatic rings. The quantitative estimate of drug-likeness (QED) is 0.889. The number of halogens is 1. The van der Waals surface area contributed by atoms with E-state index in [1.165, 1.54) is 22.2 Å². The van der Waals surface area contributed by atoms with Crippen LogP contribution in [0.2, 0.25) is 0 Å². The number of nitrogens with two attached hydrogens (primary N) is 1. The number of thiophene rings is 1. The molecule has 108 valence electrons. The molecular weight excluding hydrogens is 324 g/mol. The second-order valence-electron chi connectivity index (χ2n) is 5.39. The minimum Gasteiger partial charge on any atom is -0.379 e. The van der Waals surface area contributed by atoms with Crippen LogP contribution in [0.3, 0.4) is 0 Å². The van der Waals surface area contributed by atoms with Crippen LogP contribution < -0.4 is 5.73 Å². The normalized spacial score (nSPS) is 27.9. The van der Waals surface area contributed by atoms with Crippen molar-refractivity contribution in [1.82, 2.24) is 4.90 Å². The molecule has 0 aliphatic heterocycles. The molecule has 2 atom stereocenters. The van der Waals surface area contributed by atoms with Crippen molar-refractivity contribution in [3.63, 3.8) is 0 Å². The Morgan fingerprint density at radius 1 is 1.58 bits per heavy atom. The molecule has 1 heterocycles. The summed E-state index contributed by atoms with van der Waals surface area (Å²) in [6, 6.07) is 2.19. The van der Waals surface area contributed by atoms with Crippen LogP contribution in [0, 0.1) is 0 Å². The zero-order valence-corrected chi connectivity index (χ0v) is 14.1. The topological polar surface area (TPSA) is 38.5 Å². The Labute approximate surface area is 128 Å². The summed E-state index contributed by atoms with van der Waals surface area (Å²) in [5.41, 5.74) is 7.46. The largest absolute Gasteiger partial charge is 0.379 e. The van der Waals surface area contributed by atoms with Crippen molar-refractivity contribution in [3.8, 4) is 0 Å². The summed E-state index contributed by atoms with van der Waals surface area (Å²) in [4.78, 5) is 2.40. The third kappa shape index (κ3) is 3.22. The molecular formula is C14H23BrN2OS.